The van der Waals surface area contributed by atoms with Gasteiger partial charge in [0.25, 0.3) is 0 Å². The van der Waals surface area contributed by atoms with Crippen molar-refractivity contribution in [2.75, 3.05) is 26.2 Å². The van der Waals surface area contributed by atoms with Crippen LogP contribution < -0.4 is 5.69 Å². The SMILES string of the molecule is CCn1c(C2CCN(C[C@@H]3CCOC(C)(C)C3)CC2)nn(C)c1=O. The average molecular weight is 336 g/mol. The highest BCUT2D eigenvalue weighted by molar-refractivity contribution is 5.00. The number of rotatable bonds is 4. The molecule has 6 nitrogen and oxygen atoms in total. The first-order valence-electron chi connectivity index (χ1n) is 9.39. The molecule has 3 rings (SSSR count). The fraction of sp³-hybridized carbons (Fsp3) is 0.889. The van der Waals surface area contributed by atoms with Crippen LogP contribution in [0.5, 0.6) is 0 Å². The monoisotopic (exact) mass is 336 g/mol. The molecular formula is C18H32N4O2. The van der Waals surface area contributed by atoms with Crippen molar-refractivity contribution in [2.24, 2.45) is 13.0 Å². The number of ether oxygens (including phenoxy) is 1. The van der Waals surface area contributed by atoms with Crippen molar-refractivity contribution in [3.05, 3.63) is 16.3 Å². The summed E-state index contributed by atoms with van der Waals surface area (Å²) in [4.78, 5) is 14.7. The van der Waals surface area contributed by atoms with Crippen LogP contribution in [-0.4, -0.2) is 51.1 Å². The molecule has 2 aliphatic rings. The molecule has 2 saturated heterocycles. The molecule has 1 aromatic heterocycles. The number of nitrogens with zero attached hydrogens (tertiary/aromatic N) is 4. The maximum atomic E-state index is 12.1. The molecule has 0 aliphatic carbocycles. The van der Waals surface area contributed by atoms with Crippen molar-refractivity contribution in [3.63, 3.8) is 0 Å². The number of hydrogen-bond donors (Lipinski definition) is 0. The van der Waals surface area contributed by atoms with Crippen molar-refractivity contribution >= 4 is 0 Å². The summed E-state index contributed by atoms with van der Waals surface area (Å²) in [5, 5.41) is 4.50. The van der Waals surface area contributed by atoms with E-state index in [-0.39, 0.29) is 11.3 Å². The Morgan fingerprint density at radius 1 is 1.25 bits per heavy atom. The third-order valence-corrected chi connectivity index (χ3v) is 5.62. The summed E-state index contributed by atoms with van der Waals surface area (Å²) in [5.74, 6) is 2.15. The molecule has 1 atom stereocenters. The lowest BCUT2D eigenvalue weighted by Gasteiger charge is -2.39. The van der Waals surface area contributed by atoms with Gasteiger partial charge < -0.3 is 9.64 Å². The van der Waals surface area contributed by atoms with E-state index in [0.29, 0.717) is 12.5 Å². The Balaban J connectivity index is 1.56. The van der Waals surface area contributed by atoms with Crippen molar-refractivity contribution in [3.8, 4) is 0 Å². The highest BCUT2D eigenvalue weighted by Crippen LogP contribution is 2.31. The minimum absolute atomic E-state index is 0.0133. The molecule has 0 spiro atoms. The molecule has 0 bridgehead atoms. The third-order valence-electron chi connectivity index (χ3n) is 5.62. The first-order valence-corrected chi connectivity index (χ1v) is 9.39. The van der Waals surface area contributed by atoms with Crippen LogP contribution in [-0.2, 0) is 18.3 Å². The van der Waals surface area contributed by atoms with Crippen LogP contribution in [0.1, 0.15) is 58.2 Å². The molecule has 0 radical (unpaired) electrons. The predicted molar refractivity (Wildman–Crippen MR) is 94.3 cm³/mol. The Morgan fingerprint density at radius 3 is 2.58 bits per heavy atom. The van der Waals surface area contributed by atoms with Gasteiger partial charge in [0.15, 0.2) is 0 Å². The fourth-order valence-electron chi connectivity index (χ4n) is 4.38. The van der Waals surface area contributed by atoms with Gasteiger partial charge in [-0.3, -0.25) is 4.57 Å². The van der Waals surface area contributed by atoms with Crippen LogP contribution >= 0.6 is 0 Å². The Kier molecular flexibility index (Phi) is 5.16. The van der Waals surface area contributed by atoms with Crippen molar-refractivity contribution in [2.45, 2.75) is 64.5 Å². The lowest BCUT2D eigenvalue weighted by molar-refractivity contribution is -0.0775. The first-order chi connectivity index (χ1) is 11.4. The van der Waals surface area contributed by atoms with Gasteiger partial charge in [-0.1, -0.05) is 0 Å². The standard InChI is InChI=1S/C18H32N4O2/c1-5-22-16(19-20(4)17(22)23)15-6-9-21(10-7-15)13-14-8-11-24-18(2,3)12-14/h14-15H,5-13H2,1-4H3/t14-/m1/s1. The molecule has 0 aromatic carbocycles. The quantitative estimate of drug-likeness (QED) is 0.844. The predicted octanol–water partition coefficient (Wildman–Crippen LogP) is 1.99. The van der Waals surface area contributed by atoms with E-state index in [1.165, 1.54) is 17.6 Å². The summed E-state index contributed by atoms with van der Waals surface area (Å²) < 4.78 is 9.15. The Labute approximate surface area is 144 Å². The van der Waals surface area contributed by atoms with Crippen LogP contribution in [0.2, 0.25) is 0 Å². The van der Waals surface area contributed by atoms with E-state index in [9.17, 15) is 4.79 Å². The molecule has 0 amide bonds. The van der Waals surface area contributed by atoms with Crippen molar-refractivity contribution < 1.29 is 4.74 Å². The second-order valence-electron chi connectivity index (χ2n) is 8.05. The van der Waals surface area contributed by atoms with Crippen LogP contribution in [0, 0.1) is 5.92 Å². The minimum Gasteiger partial charge on any atom is -0.376 e. The number of aromatic nitrogens is 3. The zero-order valence-corrected chi connectivity index (χ0v) is 15.6. The summed E-state index contributed by atoms with van der Waals surface area (Å²) in [5.41, 5.74) is 0.0474. The van der Waals surface area contributed by atoms with Gasteiger partial charge in [0, 0.05) is 32.7 Å². The van der Waals surface area contributed by atoms with Crippen LogP contribution in [0.4, 0.5) is 0 Å². The van der Waals surface area contributed by atoms with Crippen molar-refractivity contribution in [1.29, 1.82) is 0 Å². The Bertz CT molecular complexity index is 611. The van der Waals surface area contributed by atoms with Gasteiger partial charge in [-0.15, -0.1) is 0 Å². The molecule has 2 fully saturated rings. The van der Waals surface area contributed by atoms with E-state index < -0.39 is 0 Å². The summed E-state index contributed by atoms with van der Waals surface area (Å²) in [7, 11) is 1.75. The number of likely N-dealkylation sites (tertiary alicyclic amines) is 1. The molecular weight excluding hydrogens is 304 g/mol. The lowest BCUT2D eigenvalue weighted by Crippen LogP contribution is -2.42. The van der Waals surface area contributed by atoms with Crippen LogP contribution in [0.15, 0.2) is 4.79 Å². The smallest absolute Gasteiger partial charge is 0.345 e. The maximum absolute atomic E-state index is 12.1. The second-order valence-corrected chi connectivity index (χ2v) is 8.05. The minimum atomic E-state index is 0.0133. The largest absolute Gasteiger partial charge is 0.376 e. The molecule has 2 aliphatic heterocycles. The molecule has 1 aromatic rings. The summed E-state index contributed by atoms with van der Waals surface area (Å²) in [6.07, 6.45) is 4.54. The van der Waals surface area contributed by atoms with Gasteiger partial charge in [0.05, 0.1) is 5.60 Å². The van der Waals surface area contributed by atoms with Crippen LogP contribution in [0.25, 0.3) is 0 Å². The molecule has 6 heteroatoms. The summed E-state index contributed by atoms with van der Waals surface area (Å²) >= 11 is 0. The van der Waals surface area contributed by atoms with Gasteiger partial charge in [-0.05, 0) is 65.5 Å². The van der Waals surface area contributed by atoms with E-state index in [1.807, 2.05) is 11.5 Å². The van der Waals surface area contributed by atoms with Gasteiger partial charge in [-0.2, -0.15) is 5.10 Å². The zero-order chi connectivity index (χ0) is 17.3. The van der Waals surface area contributed by atoms with E-state index in [2.05, 4.69) is 23.8 Å². The highest BCUT2D eigenvalue weighted by Gasteiger charge is 2.31. The Hall–Kier alpha value is -1.14. The Morgan fingerprint density at radius 2 is 1.96 bits per heavy atom. The number of aryl methyl sites for hydroxylation is 1. The van der Waals surface area contributed by atoms with Gasteiger partial charge in [0.1, 0.15) is 5.82 Å². The van der Waals surface area contributed by atoms with Crippen molar-refractivity contribution in [1.82, 2.24) is 19.2 Å². The molecule has 24 heavy (non-hydrogen) atoms. The zero-order valence-electron chi connectivity index (χ0n) is 15.6. The molecule has 136 valence electrons. The molecule has 3 heterocycles. The van der Waals surface area contributed by atoms with E-state index >= 15 is 0 Å². The highest BCUT2D eigenvalue weighted by atomic mass is 16.5. The van der Waals surface area contributed by atoms with E-state index in [4.69, 9.17) is 4.74 Å². The number of hydrogen-bond acceptors (Lipinski definition) is 4. The second kappa shape index (κ2) is 7.00. The van der Waals surface area contributed by atoms with Crippen LogP contribution in [0.3, 0.4) is 0 Å². The first kappa shape index (κ1) is 17.7. The van der Waals surface area contributed by atoms with Gasteiger partial charge >= 0.3 is 5.69 Å². The normalized spacial score (nSPS) is 25.9. The molecule has 0 unspecified atom stereocenters. The van der Waals surface area contributed by atoms with Gasteiger partial charge in [0.2, 0.25) is 0 Å². The maximum Gasteiger partial charge on any atom is 0.345 e. The molecule has 0 saturated carbocycles. The van der Waals surface area contributed by atoms with E-state index in [1.54, 1.807) is 7.05 Å². The summed E-state index contributed by atoms with van der Waals surface area (Å²) in [6.45, 7) is 11.4. The topological polar surface area (TPSA) is 52.3 Å². The summed E-state index contributed by atoms with van der Waals surface area (Å²) in [6, 6.07) is 0. The average Bonchev–Trinajstić information content (AvgIpc) is 2.82. The van der Waals surface area contributed by atoms with Gasteiger partial charge in [-0.25, -0.2) is 9.48 Å². The fourth-order valence-corrected chi connectivity index (χ4v) is 4.38. The number of piperidine rings is 1. The molecule has 0 N–H and O–H groups in total. The van der Waals surface area contributed by atoms with E-state index in [0.717, 1.165) is 50.7 Å². The third kappa shape index (κ3) is 3.75. The lowest BCUT2D eigenvalue weighted by atomic mass is 9.87.